The first-order chi connectivity index (χ1) is 11.6. The van der Waals surface area contributed by atoms with Crippen molar-refractivity contribution in [3.8, 4) is 0 Å². The maximum Gasteiger partial charge on any atom is 0.243 e. The highest BCUT2D eigenvalue weighted by molar-refractivity contribution is 7.89. The van der Waals surface area contributed by atoms with Gasteiger partial charge in [0.25, 0.3) is 0 Å². The predicted molar refractivity (Wildman–Crippen MR) is 88.3 cm³/mol. The van der Waals surface area contributed by atoms with Gasteiger partial charge in [0.15, 0.2) is 0 Å². The van der Waals surface area contributed by atoms with Crippen LogP contribution in [-0.4, -0.2) is 71.0 Å². The molecule has 0 bridgehead atoms. The molecule has 7 nitrogen and oxygen atoms in total. The number of rotatable bonds is 11. The van der Waals surface area contributed by atoms with Gasteiger partial charge >= 0.3 is 0 Å². The Bertz CT molecular complexity index is 626. The summed E-state index contributed by atoms with van der Waals surface area (Å²) in [6, 6.07) is 6.90. The lowest BCUT2D eigenvalue weighted by Gasteiger charge is -2.21. The Hall–Kier alpha value is -1.03. The first-order valence-corrected chi connectivity index (χ1v) is 9.63. The second-order valence-electron chi connectivity index (χ2n) is 6.03. The first kappa shape index (κ1) is 17.8. The molecule has 134 valence electrons. The van der Waals surface area contributed by atoms with E-state index in [0.717, 1.165) is 18.6 Å². The fourth-order valence-electron chi connectivity index (χ4n) is 2.40. The first-order valence-electron chi connectivity index (χ1n) is 8.19. The lowest BCUT2D eigenvalue weighted by atomic mass is 10.2. The van der Waals surface area contributed by atoms with Gasteiger partial charge in [-0.1, -0.05) is 12.1 Å². The third-order valence-electron chi connectivity index (χ3n) is 3.99. The van der Waals surface area contributed by atoms with Crippen molar-refractivity contribution < 1.29 is 22.6 Å². The minimum atomic E-state index is -3.56. The number of ether oxygens (including phenoxy) is 3. The molecule has 2 atom stereocenters. The van der Waals surface area contributed by atoms with Gasteiger partial charge in [-0.15, -0.1) is 0 Å². The summed E-state index contributed by atoms with van der Waals surface area (Å²) in [6.07, 6.45) is 0.900. The van der Waals surface area contributed by atoms with Crippen LogP contribution in [0, 0.1) is 0 Å². The standard InChI is InChI=1S/C16H24N2O5S/c17-6-5-13-1-3-16(4-2-13)24(19,20)18(9-14-11-22-14)7-8-21-10-15-12-23-15/h1-4,14-15H,5-12,17H2. The SMILES string of the molecule is NCCc1ccc(S(=O)(=O)N(CCOCC2CO2)CC2CO2)cc1. The molecule has 1 aromatic rings. The van der Waals surface area contributed by atoms with E-state index in [9.17, 15) is 8.42 Å². The van der Waals surface area contributed by atoms with Crippen LogP contribution in [0.5, 0.6) is 0 Å². The van der Waals surface area contributed by atoms with E-state index in [0.29, 0.717) is 39.5 Å². The number of nitrogens with two attached hydrogens (primary N) is 1. The van der Waals surface area contributed by atoms with Gasteiger partial charge in [-0.05, 0) is 30.7 Å². The van der Waals surface area contributed by atoms with Crippen molar-refractivity contribution in [3.05, 3.63) is 29.8 Å². The Morgan fingerprint density at radius 2 is 1.83 bits per heavy atom. The third kappa shape index (κ3) is 4.98. The lowest BCUT2D eigenvalue weighted by Crippen LogP contribution is -2.37. The summed E-state index contributed by atoms with van der Waals surface area (Å²) in [4.78, 5) is 0.287. The molecule has 8 heteroatoms. The van der Waals surface area contributed by atoms with Gasteiger partial charge < -0.3 is 19.9 Å². The van der Waals surface area contributed by atoms with Crippen molar-refractivity contribution in [2.45, 2.75) is 23.5 Å². The zero-order valence-corrected chi connectivity index (χ0v) is 14.4. The van der Waals surface area contributed by atoms with Gasteiger partial charge in [-0.25, -0.2) is 8.42 Å². The molecule has 2 aliphatic rings. The van der Waals surface area contributed by atoms with E-state index in [2.05, 4.69) is 0 Å². The van der Waals surface area contributed by atoms with Crippen LogP contribution in [0.2, 0.25) is 0 Å². The summed E-state index contributed by atoms with van der Waals surface area (Å²) < 4.78 is 42.9. The second-order valence-corrected chi connectivity index (χ2v) is 7.97. The average molecular weight is 356 g/mol. The van der Waals surface area contributed by atoms with Crippen LogP contribution in [0.25, 0.3) is 0 Å². The summed E-state index contributed by atoms with van der Waals surface area (Å²) in [6.45, 7) is 3.40. The molecular formula is C16H24N2O5S. The van der Waals surface area contributed by atoms with E-state index in [1.54, 1.807) is 12.1 Å². The number of epoxide rings is 2. The summed E-state index contributed by atoms with van der Waals surface area (Å²) in [5, 5.41) is 0. The Morgan fingerprint density at radius 3 is 2.42 bits per heavy atom. The summed E-state index contributed by atoms with van der Waals surface area (Å²) in [7, 11) is -3.56. The van der Waals surface area contributed by atoms with E-state index < -0.39 is 10.0 Å². The van der Waals surface area contributed by atoms with Crippen LogP contribution < -0.4 is 5.73 Å². The topological polar surface area (TPSA) is 97.7 Å². The summed E-state index contributed by atoms with van der Waals surface area (Å²) in [5.41, 5.74) is 6.55. The zero-order chi connectivity index (χ0) is 17.0. The molecule has 0 saturated carbocycles. The molecule has 0 amide bonds. The Labute approximate surface area is 142 Å². The number of benzene rings is 1. The molecule has 0 aliphatic carbocycles. The van der Waals surface area contributed by atoms with Crippen molar-refractivity contribution in [3.63, 3.8) is 0 Å². The molecule has 0 aromatic heterocycles. The molecule has 2 unspecified atom stereocenters. The number of hydrogen-bond acceptors (Lipinski definition) is 6. The maximum absolute atomic E-state index is 12.9. The number of nitrogens with zero attached hydrogens (tertiary/aromatic N) is 1. The molecule has 0 radical (unpaired) electrons. The van der Waals surface area contributed by atoms with Crippen molar-refractivity contribution in [2.24, 2.45) is 5.73 Å². The quantitative estimate of drug-likeness (QED) is 0.442. The van der Waals surface area contributed by atoms with Crippen LogP contribution in [0.15, 0.2) is 29.2 Å². The highest BCUT2D eigenvalue weighted by Gasteiger charge is 2.32. The average Bonchev–Trinajstić information content (AvgIpc) is 3.46. The maximum atomic E-state index is 12.9. The van der Waals surface area contributed by atoms with E-state index in [1.807, 2.05) is 12.1 Å². The zero-order valence-electron chi connectivity index (χ0n) is 13.6. The summed E-state index contributed by atoms with van der Waals surface area (Å²) >= 11 is 0. The van der Waals surface area contributed by atoms with Crippen LogP contribution in [0.4, 0.5) is 0 Å². The van der Waals surface area contributed by atoms with Crippen LogP contribution in [0.1, 0.15) is 5.56 Å². The van der Waals surface area contributed by atoms with Gasteiger partial charge in [0.1, 0.15) is 6.10 Å². The Balaban J connectivity index is 1.63. The molecule has 3 rings (SSSR count). The molecule has 24 heavy (non-hydrogen) atoms. The van der Waals surface area contributed by atoms with Crippen LogP contribution in [0.3, 0.4) is 0 Å². The van der Waals surface area contributed by atoms with Gasteiger partial charge in [0.2, 0.25) is 10.0 Å². The Kier molecular flexibility index (Phi) is 5.85. The third-order valence-corrected chi connectivity index (χ3v) is 5.87. The molecule has 2 fully saturated rings. The largest absolute Gasteiger partial charge is 0.377 e. The minimum absolute atomic E-state index is 0.0111. The number of hydrogen-bond donors (Lipinski definition) is 1. The highest BCUT2D eigenvalue weighted by atomic mass is 32.2. The van der Waals surface area contributed by atoms with E-state index >= 15 is 0 Å². The monoisotopic (exact) mass is 356 g/mol. The highest BCUT2D eigenvalue weighted by Crippen LogP contribution is 2.20. The molecular weight excluding hydrogens is 332 g/mol. The van der Waals surface area contributed by atoms with Crippen LogP contribution in [-0.2, 0) is 30.7 Å². The van der Waals surface area contributed by atoms with Gasteiger partial charge in [-0.2, -0.15) is 4.31 Å². The Morgan fingerprint density at radius 1 is 1.17 bits per heavy atom. The summed E-state index contributed by atoms with van der Waals surface area (Å²) in [5.74, 6) is 0. The van der Waals surface area contributed by atoms with E-state index in [4.69, 9.17) is 19.9 Å². The van der Waals surface area contributed by atoms with Crippen molar-refractivity contribution in [1.29, 1.82) is 0 Å². The van der Waals surface area contributed by atoms with Crippen molar-refractivity contribution >= 4 is 10.0 Å². The van der Waals surface area contributed by atoms with Gasteiger partial charge in [0.05, 0.1) is 37.4 Å². The minimum Gasteiger partial charge on any atom is -0.377 e. The lowest BCUT2D eigenvalue weighted by molar-refractivity contribution is 0.106. The fourth-order valence-corrected chi connectivity index (χ4v) is 3.85. The van der Waals surface area contributed by atoms with Crippen molar-refractivity contribution in [1.82, 2.24) is 4.31 Å². The van der Waals surface area contributed by atoms with Gasteiger partial charge in [0, 0.05) is 13.1 Å². The molecule has 2 N–H and O–H groups in total. The second kappa shape index (κ2) is 7.90. The van der Waals surface area contributed by atoms with Crippen molar-refractivity contribution in [2.75, 3.05) is 46.1 Å². The fraction of sp³-hybridized carbons (Fsp3) is 0.625. The molecule has 2 aliphatic heterocycles. The normalized spacial score (nSPS) is 22.8. The molecule has 0 spiro atoms. The smallest absolute Gasteiger partial charge is 0.243 e. The van der Waals surface area contributed by atoms with Crippen LogP contribution >= 0.6 is 0 Å². The number of sulfonamides is 1. The van der Waals surface area contributed by atoms with E-state index in [1.165, 1.54) is 4.31 Å². The predicted octanol–water partition coefficient (Wildman–Crippen LogP) is -0.00730. The van der Waals surface area contributed by atoms with Gasteiger partial charge in [-0.3, -0.25) is 0 Å². The molecule has 1 aromatic carbocycles. The molecule has 2 saturated heterocycles. The molecule has 2 heterocycles. The van der Waals surface area contributed by atoms with E-state index in [-0.39, 0.29) is 17.1 Å².